The van der Waals surface area contributed by atoms with Crippen molar-refractivity contribution in [2.24, 2.45) is 0 Å². The van der Waals surface area contributed by atoms with Crippen LogP contribution in [0.1, 0.15) is 66.4 Å². The van der Waals surface area contributed by atoms with Crippen LogP contribution in [0.25, 0.3) is 0 Å². The zero-order valence-electron chi connectivity index (χ0n) is 11.5. The largest absolute Gasteiger partial charge is 0.352 e. The quantitative estimate of drug-likeness (QED) is 0.862. The minimum absolute atomic E-state index is 0.0850. The molecule has 1 aliphatic rings. The van der Waals surface area contributed by atoms with Gasteiger partial charge in [0.2, 0.25) is 0 Å². The van der Waals surface area contributed by atoms with Gasteiger partial charge in [-0.2, -0.15) is 0 Å². The second-order valence-electron chi connectivity index (χ2n) is 5.23. The van der Waals surface area contributed by atoms with Gasteiger partial charge in [-0.3, -0.25) is 4.79 Å². The summed E-state index contributed by atoms with van der Waals surface area (Å²) in [7, 11) is 0. The van der Waals surface area contributed by atoms with Crippen LogP contribution in [0.2, 0.25) is 0 Å². The van der Waals surface area contributed by atoms with Crippen LogP contribution in [0.3, 0.4) is 0 Å². The molecule has 1 saturated carbocycles. The van der Waals surface area contributed by atoms with Crippen molar-refractivity contribution in [2.75, 3.05) is 6.54 Å². The number of carbonyl (C=O) groups excluding carboxylic acids is 1. The summed E-state index contributed by atoms with van der Waals surface area (Å²) >= 11 is 0. The molecule has 18 heavy (non-hydrogen) atoms. The summed E-state index contributed by atoms with van der Waals surface area (Å²) in [6.07, 6.45) is 6.41. The highest BCUT2D eigenvalue weighted by Gasteiger charge is 2.22. The smallest absolute Gasteiger partial charge is 0.251 e. The zero-order valence-corrected chi connectivity index (χ0v) is 11.5. The van der Waals surface area contributed by atoms with E-state index in [9.17, 15) is 4.79 Å². The highest BCUT2D eigenvalue weighted by molar-refractivity contribution is 5.96. The number of hydrogen-bond donors (Lipinski definition) is 1. The molecule has 0 bridgehead atoms. The molecular weight excluding hydrogens is 222 g/mol. The van der Waals surface area contributed by atoms with Crippen LogP contribution in [-0.4, -0.2) is 12.5 Å². The number of amides is 1. The van der Waals surface area contributed by atoms with E-state index in [1.54, 1.807) is 0 Å². The lowest BCUT2D eigenvalue weighted by Gasteiger charge is -2.25. The summed E-state index contributed by atoms with van der Waals surface area (Å²) in [5.41, 5.74) is 3.46. The lowest BCUT2D eigenvalue weighted by Crippen LogP contribution is -2.25. The molecular formula is C16H23NO. The van der Waals surface area contributed by atoms with Crippen molar-refractivity contribution in [1.82, 2.24) is 5.32 Å². The molecule has 1 amide bonds. The van der Waals surface area contributed by atoms with Crippen molar-refractivity contribution in [1.29, 1.82) is 0 Å². The van der Waals surface area contributed by atoms with Gasteiger partial charge in [-0.15, -0.1) is 0 Å². The average Bonchev–Trinajstić information content (AvgIpc) is 2.39. The van der Waals surface area contributed by atoms with E-state index >= 15 is 0 Å². The number of hydrogen-bond acceptors (Lipinski definition) is 1. The Bertz CT molecular complexity index is 419. The first-order chi connectivity index (χ1) is 8.74. The molecule has 2 heteroatoms. The van der Waals surface area contributed by atoms with Gasteiger partial charge < -0.3 is 5.32 Å². The Kier molecular flexibility index (Phi) is 4.40. The first-order valence-corrected chi connectivity index (χ1v) is 7.11. The van der Waals surface area contributed by atoms with E-state index < -0.39 is 0 Å². The van der Waals surface area contributed by atoms with Gasteiger partial charge in [0.25, 0.3) is 5.91 Å². The lowest BCUT2D eigenvalue weighted by molar-refractivity contribution is 0.0954. The third-order valence-electron chi connectivity index (χ3n) is 3.92. The van der Waals surface area contributed by atoms with E-state index in [2.05, 4.69) is 18.3 Å². The van der Waals surface area contributed by atoms with Gasteiger partial charge in [0.1, 0.15) is 0 Å². The zero-order chi connectivity index (χ0) is 13.0. The molecule has 2 rings (SSSR count). The second kappa shape index (κ2) is 6.03. The maximum atomic E-state index is 12.1. The van der Waals surface area contributed by atoms with E-state index in [0.717, 1.165) is 5.56 Å². The van der Waals surface area contributed by atoms with Crippen molar-refractivity contribution >= 4 is 5.91 Å². The van der Waals surface area contributed by atoms with Gasteiger partial charge in [0, 0.05) is 12.1 Å². The predicted molar refractivity (Wildman–Crippen MR) is 75.0 cm³/mol. The van der Waals surface area contributed by atoms with Crippen molar-refractivity contribution in [2.45, 2.75) is 51.9 Å². The molecule has 0 aromatic heterocycles. The standard InChI is InChI=1S/C16H23NO/c1-3-17-16(18)14-11-7-8-12(2)15(14)13-9-5-4-6-10-13/h7-8,11,13H,3-6,9-10H2,1-2H3,(H,17,18). The van der Waals surface area contributed by atoms with Crippen LogP contribution in [0.5, 0.6) is 0 Å². The van der Waals surface area contributed by atoms with Gasteiger partial charge in [-0.05, 0) is 49.8 Å². The Morgan fingerprint density at radius 2 is 2.00 bits per heavy atom. The molecule has 0 saturated heterocycles. The monoisotopic (exact) mass is 245 g/mol. The number of aryl methyl sites for hydroxylation is 1. The Morgan fingerprint density at radius 1 is 1.28 bits per heavy atom. The molecule has 2 nitrogen and oxygen atoms in total. The fourth-order valence-electron chi connectivity index (χ4n) is 3.07. The Labute approximate surface area is 110 Å². The van der Waals surface area contributed by atoms with Gasteiger partial charge in [-0.25, -0.2) is 0 Å². The molecule has 0 unspecified atom stereocenters. The van der Waals surface area contributed by atoms with Crippen molar-refractivity contribution in [3.63, 3.8) is 0 Å². The van der Waals surface area contributed by atoms with E-state index in [1.165, 1.54) is 43.2 Å². The molecule has 1 fully saturated rings. The first kappa shape index (κ1) is 13.1. The summed E-state index contributed by atoms with van der Waals surface area (Å²) in [5, 5.41) is 2.93. The molecule has 0 spiro atoms. The number of nitrogens with one attached hydrogen (secondary N) is 1. The summed E-state index contributed by atoms with van der Waals surface area (Å²) in [5.74, 6) is 0.666. The molecule has 1 N–H and O–H groups in total. The number of carbonyl (C=O) groups is 1. The number of rotatable bonds is 3. The topological polar surface area (TPSA) is 29.1 Å². The van der Waals surface area contributed by atoms with Gasteiger partial charge >= 0.3 is 0 Å². The fourth-order valence-corrected chi connectivity index (χ4v) is 3.07. The Morgan fingerprint density at radius 3 is 2.67 bits per heavy atom. The van der Waals surface area contributed by atoms with Gasteiger partial charge in [0.15, 0.2) is 0 Å². The lowest BCUT2D eigenvalue weighted by atomic mass is 9.80. The molecule has 1 aromatic rings. The third kappa shape index (κ3) is 2.74. The maximum absolute atomic E-state index is 12.1. The highest BCUT2D eigenvalue weighted by atomic mass is 16.1. The summed E-state index contributed by atoms with van der Waals surface area (Å²) in [6, 6.07) is 6.10. The Hall–Kier alpha value is -1.31. The van der Waals surface area contributed by atoms with E-state index in [4.69, 9.17) is 0 Å². The van der Waals surface area contributed by atoms with Crippen LogP contribution in [0.4, 0.5) is 0 Å². The average molecular weight is 245 g/mol. The van der Waals surface area contributed by atoms with E-state index in [1.807, 2.05) is 19.1 Å². The summed E-state index contributed by atoms with van der Waals surface area (Å²) < 4.78 is 0. The molecule has 0 radical (unpaired) electrons. The first-order valence-electron chi connectivity index (χ1n) is 7.11. The predicted octanol–water partition coefficient (Wildman–Crippen LogP) is 3.79. The normalized spacial score (nSPS) is 16.6. The molecule has 0 heterocycles. The second-order valence-corrected chi connectivity index (χ2v) is 5.23. The molecule has 1 aromatic carbocycles. The third-order valence-corrected chi connectivity index (χ3v) is 3.92. The molecule has 1 aliphatic carbocycles. The van der Waals surface area contributed by atoms with Crippen molar-refractivity contribution < 1.29 is 4.79 Å². The minimum Gasteiger partial charge on any atom is -0.352 e. The van der Waals surface area contributed by atoms with Crippen LogP contribution >= 0.6 is 0 Å². The van der Waals surface area contributed by atoms with Crippen molar-refractivity contribution in [3.8, 4) is 0 Å². The van der Waals surface area contributed by atoms with Crippen LogP contribution in [-0.2, 0) is 0 Å². The van der Waals surface area contributed by atoms with E-state index in [0.29, 0.717) is 12.5 Å². The Balaban J connectivity index is 2.34. The van der Waals surface area contributed by atoms with Crippen molar-refractivity contribution in [3.05, 3.63) is 34.9 Å². The minimum atomic E-state index is 0.0850. The van der Waals surface area contributed by atoms with Crippen LogP contribution < -0.4 is 5.32 Å². The molecule has 0 aliphatic heterocycles. The maximum Gasteiger partial charge on any atom is 0.251 e. The van der Waals surface area contributed by atoms with Gasteiger partial charge in [-0.1, -0.05) is 31.4 Å². The van der Waals surface area contributed by atoms with Gasteiger partial charge in [0.05, 0.1) is 0 Å². The summed E-state index contributed by atoms with van der Waals surface area (Å²) in [4.78, 5) is 12.1. The SMILES string of the molecule is CCNC(=O)c1cccc(C)c1C1CCCCC1. The summed E-state index contributed by atoms with van der Waals surface area (Å²) in [6.45, 7) is 4.79. The fraction of sp³-hybridized carbons (Fsp3) is 0.562. The highest BCUT2D eigenvalue weighted by Crippen LogP contribution is 2.36. The molecule has 0 atom stereocenters. The van der Waals surface area contributed by atoms with Crippen LogP contribution in [0.15, 0.2) is 18.2 Å². The molecule has 98 valence electrons. The van der Waals surface area contributed by atoms with Crippen LogP contribution in [0, 0.1) is 6.92 Å². The number of benzene rings is 1. The van der Waals surface area contributed by atoms with E-state index in [-0.39, 0.29) is 5.91 Å².